The summed E-state index contributed by atoms with van der Waals surface area (Å²) in [7, 11) is 0. The lowest BCUT2D eigenvalue weighted by Crippen LogP contribution is -1.90. The van der Waals surface area contributed by atoms with Crippen LogP contribution in [0.3, 0.4) is 0 Å². The number of hydrogen-bond acceptors (Lipinski definition) is 1. The summed E-state index contributed by atoms with van der Waals surface area (Å²) in [5, 5.41) is 0. The number of nitrogens with zero attached hydrogens (tertiary/aromatic N) is 1. The van der Waals surface area contributed by atoms with Gasteiger partial charge in [0.25, 0.3) is 0 Å². The van der Waals surface area contributed by atoms with Gasteiger partial charge in [-0.05, 0) is 31.7 Å². The second kappa shape index (κ2) is 7.38. The van der Waals surface area contributed by atoms with Crippen molar-refractivity contribution in [2.24, 2.45) is 0 Å². The molecule has 0 amide bonds. The molecule has 1 fully saturated rings. The number of aryl methyl sites for hydroxylation is 1. The summed E-state index contributed by atoms with van der Waals surface area (Å²) in [4.78, 5) is 4.06. The molecule has 1 aromatic heterocycles. The highest BCUT2D eigenvalue weighted by molar-refractivity contribution is 5.23. The van der Waals surface area contributed by atoms with Crippen LogP contribution in [0.15, 0.2) is 12.3 Å². The third kappa shape index (κ3) is 4.41. The van der Waals surface area contributed by atoms with Crippen molar-refractivity contribution in [2.75, 3.05) is 0 Å². The number of rotatable bonds is 1. The monoisotopic (exact) mass is 211 g/mol. The molecule has 0 spiro atoms. The molecule has 1 nitrogen and oxygen atoms in total. The van der Waals surface area contributed by atoms with E-state index in [9.17, 15) is 4.39 Å². The molecule has 1 heterocycles. The summed E-state index contributed by atoms with van der Waals surface area (Å²) in [5.74, 6) is 0.378. The highest BCUT2D eigenvalue weighted by atomic mass is 19.1. The zero-order valence-electron chi connectivity index (χ0n) is 10.5. The Bertz CT molecular complexity index is 280. The lowest BCUT2D eigenvalue weighted by Gasteiger charge is -1.99. The van der Waals surface area contributed by atoms with Crippen LogP contribution in [0.5, 0.6) is 0 Å². The smallest absolute Gasteiger partial charge is 0.130 e. The second-order valence-corrected chi connectivity index (χ2v) is 3.12. The zero-order valence-corrected chi connectivity index (χ0v) is 10.5. The maximum atomic E-state index is 13.1. The molecule has 0 atom stereocenters. The van der Waals surface area contributed by atoms with Crippen LogP contribution < -0.4 is 0 Å². The van der Waals surface area contributed by atoms with E-state index in [1.54, 1.807) is 13.1 Å². The molecule has 0 radical (unpaired) electrons. The van der Waals surface area contributed by atoms with Crippen molar-refractivity contribution in [3.8, 4) is 0 Å². The molecule has 2 rings (SSSR count). The molecule has 0 saturated heterocycles. The Morgan fingerprint density at radius 3 is 2.13 bits per heavy atom. The number of aromatic nitrogens is 1. The third-order valence-corrected chi connectivity index (χ3v) is 2.04. The van der Waals surface area contributed by atoms with E-state index in [-0.39, 0.29) is 5.82 Å². The van der Waals surface area contributed by atoms with E-state index in [0.717, 1.165) is 24.1 Å². The number of hydrogen-bond donors (Lipinski definition) is 0. The van der Waals surface area contributed by atoms with Crippen molar-refractivity contribution in [3.05, 3.63) is 29.3 Å². The van der Waals surface area contributed by atoms with E-state index in [4.69, 9.17) is 0 Å². The fourth-order valence-electron chi connectivity index (χ4n) is 1.23. The van der Waals surface area contributed by atoms with Crippen LogP contribution in [0.2, 0.25) is 0 Å². The van der Waals surface area contributed by atoms with Crippen LogP contribution >= 0.6 is 0 Å². The lowest BCUT2D eigenvalue weighted by atomic mass is 10.2. The Labute approximate surface area is 92.7 Å². The Kier molecular flexibility index (Phi) is 6.93. The Morgan fingerprint density at radius 2 is 1.73 bits per heavy atom. The summed E-state index contributed by atoms with van der Waals surface area (Å²) >= 11 is 0. The average molecular weight is 211 g/mol. The molecule has 0 bridgehead atoms. The van der Waals surface area contributed by atoms with Gasteiger partial charge in [0.1, 0.15) is 5.82 Å². The predicted octanol–water partition coefficient (Wildman–Crippen LogP) is 4.46. The Morgan fingerprint density at radius 1 is 1.20 bits per heavy atom. The molecule has 0 aliphatic heterocycles. The molecule has 1 aromatic rings. The summed E-state index contributed by atoms with van der Waals surface area (Å²) < 4.78 is 13.1. The van der Waals surface area contributed by atoms with Gasteiger partial charge in [0.05, 0.1) is 0 Å². The minimum atomic E-state index is -0.0833. The van der Waals surface area contributed by atoms with E-state index in [0.29, 0.717) is 5.92 Å². The summed E-state index contributed by atoms with van der Waals surface area (Å²) in [6.45, 7) is 9.81. The van der Waals surface area contributed by atoms with Crippen molar-refractivity contribution in [3.63, 3.8) is 0 Å². The summed E-state index contributed by atoms with van der Waals surface area (Å²) in [5.41, 5.74) is 1.56. The quantitative estimate of drug-likeness (QED) is 0.668. The average Bonchev–Trinajstić information content (AvgIpc) is 3.08. The lowest BCUT2D eigenvalue weighted by molar-refractivity contribution is 0.606. The third-order valence-electron chi connectivity index (χ3n) is 2.04. The number of halogens is 1. The van der Waals surface area contributed by atoms with Crippen molar-refractivity contribution in [1.82, 2.24) is 4.98 Å². The van der Waals surface area contributed by atoms with Gasteiger partial charge in [-0.15, -0.1) is 0 Å². The van der Waals surface area contributed by atoms with Crippen molar-refractivity contribution in [1.29, 1.82) is 0 Å². The Hall–Kier alpha value is -0.920. The van der Waals surface area contributed by atoms with Crippen LogP contribution in [0, 0.1) is 12.7 Å². The van der Waals surface area contributed by atoms with E-state index in [2.05, 4.69) is 4.98 Å². The van der Waals surface area contributed by atoms with Crippen LogP contribution in [0.1, 0.15) is 57.7 Å². The SMILES string of the molecule is CC.CC.Cc1cc(F)c(C2CC2)cn1. The fourth-order valence-corrected chi connectivity index (χ4v) is 1.23. The van der Waals surface area contributed by atoms with Gasteiger partial charge in [-0.25, -0.2) is 4.39 Å². The summed E-state index contributed by atoms with van der Waals surface area (Å²) in [6.07, 6.45) is 3.92. The van der Waals surface area contributed by atoms with Crippen LogP contribution in [0.25, 0.3) is 0 Å². The molecule has 1 saturated carbocycles. The first-order chi connectivity index (χ1) is 7.27. The zero-order chi connectivity index (χ0) is 11.8. The Balaban J connectivity index is 0.000000442. The van der Waals surface area contributed by atoms with Gasteiger partial charge in [0, 0.05) is 17.5 Å². The highest BCUT2D eigenvalue weighted by Crippen LogP contribution is 2.40. The fraction of sp³-hybridized carbons (Fsp3) is 0.615. The largest absolute Gasteiger partial charge is 0.261 e. The molecule has 86 valence electrons. The van der Waals surface area contributed by atoms with E-state index < -0.39 is 0 Å². The first kappa shape index (κ1) is 14.1. The van der Waals surface area contributed by atoms with Crippen LogP contribution in [-0.4, -0.2) is 4.98 Å². The second-order valence-electron chi connectivity index (χ2n) is 3.12. The first-order valence-electron chi connectivity index (χ1n) is 5.89. The van der Waals surface area contributed by atoms with Gasteiger partial charge in [-0.3, -0.25) is 4.98 Å². The predicted molar refractivity (Wildman–Crippen MR) is 63.6 cm³/mol. The number of pyridine rings is 1. The molecule has 1 aliphatic rings. The van der Waals surface area contributed by atoms with Gasteiger partial charge in [-0.1, -0.05) is 27.7 Å². The van der Waals surface area contributed by atoms with Gasteiger partial charge in [-0.2, -0.15) is 0 Å². The molecule has 0 N–H and O–H groups in total. The molecular formula is C13H22FN. The van der Waals surface area contributed by atoms with Crippen molar-refractivity contribution >= 4 is 0 Å². The van der Waals surface area contributed by atoms with Gasteiger partial charge in [0.2, 0.25) is 0 Å². The summed E-state index contributed by atoms with van der Waals surface area (Å²) in [6, 6.07) is 1.51. The normalized spacial score (nSPS) is 13.2. The molecule has 15 heavy (non-hydrogen) atoms. The van der Waals surface area contributed by atoms with Crippen LogP contribution in [-0.2, 0) is 0 Å². The molecule has 1 aliphatic carbocycles. The molecule has 0 unspecified atom stereocenters. The first-order valence-corrected chi connectivity index (χ1v) is 5.89. The molecular weight excluding hydrogens is 189 g/mol. The van der Waals surface area contributed by atoms with Gasteiger partial charge >= 0.3 is 0 Å². The minimum Gasteiger partial charge on any atom is -0.261 e. The van der Waals surface area contributed by atoms with E-state index in [1.807, 2.05) is 27.7 Å². The van der Waals surface area contributed by atoms with Crippen molar-refractivity contribution < 1.29 is 4.39 Å². The minimum absolute atomic E-state index is 0.0833. The highest BCUT2D eigenvalue weighted by Gasteiger charge is 2.26. The standard InChI is InChI=1S/C9H10FN.2C2H6/c1-6-4-9(10)8(5-11-6)7-2-3-7;2*1-2/h4-5,7H,2-3H2,1H3;2*1-2H3. The van der Waals surface area contributed by atoms with Crippen LogP contribution in [0.4, 0.5) is 4.39 Å². The molecule has 2 heteroatoms. The van der Waals surface area contributed by atoms with E-state index >= 15 is 0 Å². The topological polar surface area (TPSA) is 12.9 Å². The van der Waals surface area contributed by atoms with Crippen molar-refractivity contribution in [2.45, 2.75) is 53.4 Å². The molecule has 0 aromatic carbocycles. The van der Waals surface area contributed by atoms with E-state index in [1.165, 1.54) is 6.07 Å². The van der Waals surface area contributed by atoms with Gasteiger partial charge < -0.3 is 0 Å². The van der Waals surface area contributed by atoms with Gasteiger partial charge in [0.15, 0.2) is 0 Å². The maximum Gasteiger partial charge on any atom is 0.130 e. The maximum absolute atomic E-state index is 13.1.